The Kier molecular flexibility index (Phi) is 6.77. The van der Waals surface area contributed by atoms with Gasteiger partial charge in [0.25, 0.3) is 5.91 Å². The van der Waals surface area contributed by atoms with E-state index in [0.29, 0.717) is 28.5 Å². The number of carbonyl (C=O) groups is 1. The van der Waals surface area contributed by atoms with Gasteiger partial charge in [-0.05, 0) is 67.3 Å². The molecule has 0 N–H and O–H groups in total. The fourth-order valence-electron chi connectivity index (χ4n) is 4.44. The lowest BCUT2D eigenvalue weighted by Gasteiger charge is -2.26. The minimum absolute atomic E-state index is 0.0722. The molecule has 2 aromatic carbocycles. The number of hydrogen-bond acceptors (Lipinski definition) is 5. The second-order valence-electron chi connectivity index (χ2n) is 8.86. The number of benzene rings is 2. The zero-order valence-corrected chi connectivity index (χ0v) is 19.7. The molecule has 0 radical (unpaired) electrons. The van der Waals surface area contributed by atoms with Gasteiger partial charge in [0.1, 0.15) is 36.5 Å². The summed E-state index contributed by atoms with van der Waals surface area (Å²) in [5.41, 5.74) is 2.30. The van der Waals surface area contributed by atoms with Crippen LogP contribution in [-0.4, -0.2) is 53.0 Å². The van der Waals surface area contributed by atoms with Gasteiger partial charge in [-0.3, -0.25) is 9.79 Å². The van der Waals surface area contributed by atoms with Crippen LogP contribution >= 0.6 is 0 Å². The summed E-state index contributed by atoms with van der Waals surface area (Å²) in [6.07, 6.45) is 1.58. The Hall–Kier alpha value is -4.02. The number of fused-ring (bicyclic) bond motifs is 1. The number of amides is 1. The van der Waals surface area contributed by atoms with Gasteiger partial charge < -0.3 is 9.64 Å². The van der Waals surface area contributed by atoms with Gasteiger partial charge >= 0.3 is 6.18 Å². The van der Waals surface area contributed by atoms with Crippen molar-refractivity contribution in [3.63, 3.8) is 0 Å². The maximum Gasteiger partial charge on any atom is 0.406 e. The van der Waals surface area contributed by atoms with E-state index in [-0.39, 0.29) is 24.1 Å². The highest BCUT2D eigenvalue weighted by Gasteiger charge is 2.40. The van der Waals surface area contributed by atoms with E-state index in [0.717, 1.165) is 18.5 Å². The van der Waals surface area contributed by atoms with E-state index in [2.05, 4.69) is 15.3 Å². The van der Waals surface area contributed by atoms with E-state index in [4.69, 9.17) is 4.74 Å². The molecular formula is C26H23F4N5O2. The van der Waals surface area contributed by atoms with Crippen LogP contribution in [0.5, 0.6) is 5.75 Å². The Morgan fingerprint density at radius 2 is 1.89 bits per heavy atom. The number of nitrogens with zero attached hydrogens (tertiary/aromatic N) is 5. The van der Waals surface area contributed by atoms with E-state index < -0.39 is 30.5 Å². The number of alkyl halides is 3. The first-order valence-corrected chi connectivity index (χ1v) is 11.8. The van der Waals surface area contributed by atoms with E-state index in [1.807, 2.05) is 6.08 Å². The highest BCUT2D eigenvalue weighted by Crippen LogP contribution is 2.35. The second kappa shape index (κ2) is 10.2. The summed E-state index contributed by atoms with van der Waals surface area (Å²) >= 11 is 0. The van der Waals surface area contributed by atoms with Crippen LogP contribution in [0.1, 0.15) is 24.4 Å². The summed E-state index contributed by atoms with van der Waals surface area (Å²) in [5, 5.41) is 8.16. The monoisotopic (exact) mass is 513 g/mol. The number of rotatable bonds is 6. The van der Waals surface area contributed by atoms with Crippen LogP contribution < -0.4 is 9.64 Å². The molecule has 0 saturated heterocycles. The highest BCUT2D eigenvalue weighted by atomic mass is 19.4. The average Bonchev–Trinajstić information content (AvgIpc) is 3.32. The molecule has 37 heavy (non-hydrogen) atoms. The van der Waals surface area contributed by atoms with Crippen molar-refractivity contribution in [3.05, 3.63) is 71.7 Å². The highest BCUT2D eigenvalue weighted by molar-refractivity contribution is 5.97. The molecule has 11 heteroatoms. The first kappa shape index (κ1) is 24.7. The van der Waals surface area contributed by atoms with Crippen LogP contribution in [0.3, 0.4) is 0 Å². The Balaban J connectivity index is 1.35. The number of ether oxygens (including phenoxy) is 1. The molecule has 192 valence electrons. The maximum atomic E-state index is 14.5. The zero-order valence-electron chi connectivity index (χ0n) is 19.7. The minimum atomic E-state index is -4.66. The standard InChI is InChI=1S/C26H23F4N5O2/c27-21-2-1-3-23-20(21)8-9-24(25(36)34(23)16-26(28,29)30)35-14-22(32-33-35)18-4-6-19(7-5-18)37-15-17-10-12-31-13-11-17/h1-7,10,12,14,24H,8-9,11,13,15-16H2. The van der Waals surface area contributed by atoms with Crippen LogP contribution in [0, 0.1) is 5.82 Å². The molecule has 1 amide bonds. The summed E-state index contributed by atoms with van der Waals surface area (Å²) < 4.78 is 61.6. The Bertz CT molecular complexity index is 1350. The third-order valence-corrected chi connectivity index (χ3v) is 6.32. The van der Waals surface area contributed by atoms with Crippen molar-refractivity contribution >= 4 is 17.8 Å². The molecule has 0 spiro atoms. The van der Waals surface area contributed by atoms with Gasteiger partial charge in [-0.15, -0.1) is 5.10 Å². The summed E-state index contributed by atoms with van der Waals surface area (Å²) in [4.78, 5) is 18.0. The van der Waals surface area contributed by atoms with Crippen LogP contribution in [0.2, 0.25) is 0 Å². The lowest BCUT2D eigenvalue weighted by atomic mass is 10.1. The Morgan fingerprint density at radius 1 is 1.08 bits per heavy atom. The summed E-state index contributed by atoms with van der Waals surface area (Å²) in [6.45, 7) is -0.309. The van der Waals surface area contributed by atoms with E-state index >= 15 is 0 Å². The van der Waals surface area contributed by atoms with Gasteiger partial charge in [-0.1, -0.05) is 11.3 Å². The van der Waals surface area contributed by atoms with Crippen molar-refractivity contribution in [1.29, 1.82) is 0 Å². The number of dihydropyridines is 1. The molecule has 0 bridgehead atoms. The lowest BCUT2D eigenvalue weighted by molar-refractivity contribution is -0.134. The fraction of sp³-hybridized carbons (Fsp3) is 0.308. The topological polar surface area (TPSA) is 72.6 Å². The number of aliphatic imine (C=N–C) groups is 1. The predicted octanol–water partition coefficient (Wildman–Crippen LogP) is 4.95. The van der Waals surface area contributed by atoms with E-state index in [1.165, 1.54) is 29.1 Å². The number of halogens is 4. The quantitative estimate of drug-likeness (QED) is 0.438. The number of anilines is 1. The second-order valence-corrected chi connectivity index (χ2v) is 8.86. The molecule has 3 heterocycles. The van der Waals surface area contributed by atoms with E-state index in [1.54, 1.807) is 30.5 Å². The molecule has 0 fully saturated rings. The number of aromatic nitrogens is 3. The van der Waals surface area contributed by atoms with Gasteiger partial charge in [0.05, 0.1) is 11.9 Å². The molecular weight excluding hydrogens is 490 g/mol. The van der Waals surface area contributed by atoms with Crippen LogP contribution in [0.15, 0.2) is 65.3 Å². The van der Waals surface area contributed by atoms with Gasteiger partial charge in [0.2, 0.25) is 0 Å². The van der Waals surface area contributed by atoms with Crippen molar-refractivity contribution < 1.29 is 27.1 Å². The SMILES string of the molecule is O=C1C(n2cc(-c3ccc(OCC4=CC=NCC4)cc3)nn2)CCc2c(F)cccc2N1CC(F)(F)F. The third-order valence-electron chi connectivity index (χ3n) is 6.32. The summed E-state index contributed by atoms with van der Waals surface area (Å²) in [7, 11) is 0. The summed E-state index contributed by atoms with van der Waals surface area (Å²) in [6, 6.07) is 9.89. The van der Waals surface area contributed by atoms with Crippen LogP contribution in [-0.2, 0) is 11.2 Å². The smallest absolute Gasteiger partial charge is 0.406 e. The first-order chi connectivity index (χ1) is 17.8. The Morgan fingerprint density at radius 3 is 2.62 bits per heavy atom. The number of hydrogen-bond donors (Lipinski definition) is 0. The van der Waals surface area contributed by atoms with Gasteiger partial charge in [-0.25, -0.2) is 9.07 Å². The molecule has 1 aromatic heterocycles. The van der Waals surface area contributed by atoms with Gasteiger partial charge in [0, 0.05) is 23.9 Å². The van der Waals surface area contributed by atoms with Crippen molar-refractivity contribution in [2.45, 2.75) is 31.5 Å². The van der Waals surface area contributed by atoms with Crippen molar-refractivity contribution in [3.8, 4) is 17.0 Å². The molecule has 0 aliphatic carbocycles. The van der Waals surface area contributed by atoms with Gasteiger partial charge in [-0.2, -0.15) is 13.2 Å². The predicted molar refractivity (Wildman–Crippen MR) is 129 cm³/mol. The zero-order chi connectivity index (χ0) is 26.0. The Labute approximate surface area is 210 Å². The number of carbonyl (C=O) groups excluding carboxylic acids is 1. The van der Waals surface area contributed by atoms with Crippen molar-refractivity contribution in [1.82, 2.24) is 15.0 Å². The molecule has 1 unspecified atom stereocenters. The number of allylic oxidation sites excluding steroid dienone is 1. The molecule has 2 aliphatic heterocycles. The molecule has 2 aliphatic rings. The first-order valence-electron chi connectivity index (χ1n) is 11.8. The fourth-order valence-corrected chi connectivity index (χ4v) is 4.44. The molecule has 1 atom stereocenters. The normalized spacial score (nSPS) is 17.8. The molecule has 0 saturated carbocycles. The lowest BCUT2D eigenvalue weighted by Crippen LogP contribution is -2.42. The molecule has 3 aromatic rings. The largest absolute Gasteiger partial charge is 0.489 e. The van der Waals surface area contributed by atoms with Crippen molar-refractivity contribution in [2.24, 2.45) is 4.99 Å². The van der Waals surface area contributed by atoms with Crippen LogP contribution in [0.25, 0.3) is 11.3 Å². The third kappa shape index (κ3) is 5.55. The van der Waals surface area contributed by atoms with E-state index in [9.17, 15) is 22.4 Å². The maximum absolute atomic E-state index is 14.5. The molecule has 7 nitrogen and oxygen atoms in total. The summed E-state index contributed by atoms with van der Waals surface area (Å²) in [5.74, 6) is -0.794. The minimum Gasteiger partial charge on any atom is -0.489 e. The average molecular weight is 513 g/mol. The van der Waals surface area contributed by atoms with Gasteiger partial charge in [0.15, 0.2) is 0 Å². The molecule has 5 rings (SSSR count). The van der Waals surface area contributed by atoms with Crippen molar-refractivity contribution in [2.75, 3.05) is 24.6 Å². The van der Waals surface area contributed by atoms with Crippen LogP contribution in [0.4, 0.5) is 23.2 Å².